The molecule has 0 aromatic heterocycles. The first kappa shape index (κ1) is 11.8. The maximum atomic E-state index is 13.2. The van der Waals surface area contributed by atoms with Crippen molar-refractivity contribution in [3.05, 3.63) is 58.4 Å². The fourth-order valence-electron chi connectivity index (χ4n) is 1.72. The predicted molar refractivity (Wildman–Crippen MR) is 67.0 cm³/mol. The van der Waals surface area contributed by atoms with E-state index in [-0.39, 0.29) is 5.82 Å². The summed E-state index contributed by atoms with van der Waals surface area (Å²) >= 11 is 5.95. The van der Waals surface area contributed by atoms with Gasteiger partial charge in [0, 0.05) is 5.56 Å². The van der Waals surface area contributed by atoms with Gasteiger partial charge in [0.25, 0.3) is 0 Å². The zero-order chi connectivity index (χ0) is 12.4. The van der Waals surface area contributed by atoms with Crippen molar-refractivity contribution in [1.29, 1.82) is 0 Å². The van der Waals surface area contributed by atoms with Gasteiger partial charge in [0.2, 0.25) is 0 Å². The van der Waals surface area contributed by atoms with Gasteiger partial charge in [0.1, 0.15) is 5.82 Å². The molecule has 0 fully saturated rings. The molecule has 0 N–H and O–H groups in total. The minimum absolute atomic E-state index is 0.261. The van der Waals surface area contributed by atoms with Crippen molar-refractivity contribution < 1.29 is 9.18 Å². The number of aldehydes is 1. The molecule has 2 aromatic rings. The van der Waals surface area contributed by atoms with Gasteiger partial charge in [-0.3, -0.25) is 4.79 Å². The molecule has 0 unspecified atom stereocenters. The van der Waals surface area contributed by atoms with E-state index in [1.54, 1.807) is 37.3 Å². The van der Waals surface area contributed by atoms with E-state index in [0.29, 0.717) is 16.1 Å². The third kappa shape index (κ3) is 2.22. The van der Waals surface area contributed by atoms with Crippen molar-refractivity contribution in [1.82, 2.24) is 0 Å². The molecule has 2 rings (SSSR count). The number of hydrogen-bond acceptors (Lipinski definition) is 1. The molecule has 17 heavy (non-hydrogen) atoms. The van der Waals surface area contributed by atoms with Crippen molar-refractivity contribution in [2.75, 3.05) is 0 Å². The fraction of sp³-hybridized carbons (Fsp3) is 0.0714. The van der Waals surface area contributed by atoms with Crippen molar-refractivity contribution >= 4 is 17.9 Å². The lowest BCUT2D eigenvalue weighted by Crippen LogP contribution is -1.90. The lowest BCUT2D eigenvalue weighted by Gasteiger charge is -2.07. The van der Waals surface area contributed by atoms with Crippen LogP contribution in [0.2, 0.25) is 5.02 Å². The minimum atomic E-state index is -0.261. The fourth-order valence-corrected chi connectivity index (χ4v) is 1.94. The van der Waals surface area contributed by atoms with Gasteiger partial charge in [0.15, 0.2) is 6.29 Å². The Morgan fingerprint density at radius 3 is 2.65 bits per heavy atom. The van der Waals surface area contributed by atoms with Crippen LogP contribution in [0.25, 0.3) is 11.1 Å². The Labute approximate surface area is 104 Å². The summed E-state index contributed by atoms with van der Waals surface area (Å²) in [4.78, 5) is 11.0. The molecule has 2 aromatic carbocycles. The van der Waals surface area contributed by atoms with Crippen LogP contribution in [0, 0.1) is 12.7 Å². The van der Waals surface area contributed by atoms with Crippen LogP contribution in [0.15, 0.2) is 36.4 Å². The highest BCUT2D eigenvalue weighted by Crippen LogP contribution is 2.28. The molecule has 0 aliphatic carbocycles. The summed E-state index contributed by atoms with van der Waals surface area (Å²) in [6, 6.07) is 9.95. The maximum Gasteiger partial charge on any atom is 0.152 e. The van der Waals surface area contributed by atoms with Crippen LogP contribution in [0.5, 0.6) is 0 Å². The Hall–Kier alpha value is -1.67. The van der Waals surface area contributed by atoms with E-state index in [1.807, 2.05) is 0 Å². The molecule has 0 spiro atoms. The average Bonchev–Trinajstić information content (AvgIpc) is 2.32. The molecule has 0 bridgehead atoms. The van der Waals surface area contributed by atoms with Gasteiger partial charge in [0.05, 0.1) is 5.02 Å². The Balaban J connectivity index is 2.64. The largest absolute Gasteiger partial charge is 0.298 e. The molecule has 1 nitrogen and oxygen atoms in total. The number of carbonyl (C=O) groups excluding carboxylic acids is 1. The number of carbonyl (C=O) groups is 1. The van der Waals surface area contributed by atoms with Gasteiger partial charge in [-0.1, -0.05) is 29.8 Å². The lowest BCUT2D eigenvalue weighted by atomic mass is 9.99. The molecule has 0 heterocycles. The summed E-state index contributed by atoms with van der Waals surface area (Å²) in [5.74, 6) is -0.261. The Morgan fingerprint density at radius 1 is 1.24 bits per heavy atom. The molecule has 0 saturated carbocycles. The topological polar surface area (TPSA) is 17.1 Å². The van der Waals surface area contributed by atoms with Crippen LogP contribution in [-0.4, -0.2) is 6.29 Å². The number of rotatable bonds is 2. The monoisotopic (exact) mass is 248 g/mol. The molecule has 0 aliphatic rings. The summed E-state index contributed by atoms with van der Waals surface area (Å²) in [6.07, 6.45) is 0.719. The second-order valence-electron chi connectivity index (χ2n) is 3.78. The van der Waals surface area contributed by atoms with E-state index >= 15 is 0 Å². The second kappa shape index (κ2) is 4.68. The maximum absolute atomic E-state index is 13.2. The molecular weight excluding hydrogens is 239 g/mol. The van der Waals surface area contributed by atoms with E-state index in [4.69, 9.17) is 11.6 Å². The van der Waals surface area contributed by atoms with Gasteiger partial charge < -0.3 is 0 Å². The highest BCUT2D eigenvalue weighted by atomic mass is 35.5. The standard InChI is InChI=1S/C14H10ClFO/c1-9-7-10(5-6-14(9)16)11-3-2-4-13(15)12(11)8-17/h2-8H,1H3. The van der Waals surface area contributed by atoms with Crippen molar-refractivity contribution in [2.24, 2.45) is 0 Å². The number of aryl methyl sites for hydroxylation is 1. The van der Waals surface area contributed by atoms with Crippen LogP contribution in [-0.2, 0) is 0 Å². The summed E-state index contributed by atoms with van der Waals surface area (Å²) in [7, 11) is 0. The summed E-state index contributed by atoms with van der Waals surface area (Å²) < 4.78 is 13.2. The predicted octanol–water partition coefficient (Wildman–Crippen LogP) is 4.27. The Bertz CT molecular complexity index is 578. The summed E-state index contributed by atoms with van der Waals surface area (Å²) in [5.41, 5.74) is 2.48. The molecule has 86 valence electrons. The molecule has 0 saturated heterocycles. The second-order valence-corrected chi connectivity index (χ2v) is 4.19. The smallest absolute Gasteiger partial charge is 0.152 e. The Morgan fingerprint density at radius 2 is 2.00 bits per heavy atom. The molecule has 0 amide bonds. The Kier molecular flexibility index (Phi) is 3.25. The van der Waals surface area contributed by atoms with Gasteiger partial charge in [-0.15, -0.1) is 0 Å². The molecule has 3 heteroatoms. The highest BCUT2D eigenvalue weighted by molar-refractivity contribution is 6.33. The van der Waals surface area contributed by atoms with Crippen LogP contribution >= 0.6 is 11.6 Å². The zero-order valence-electron chi connectivity index (χ0n) is 9.21. The van der Waals surface area contributed by atoms with Gasteiger partial charge in [-0.2, -0.15) is 0 Å². The van der Waals surface area contributed by atoms with Crippen LogP contribution < -0.4 is 0 Å². The van der Waals surface area contributed by atoms with Crippen LogP contribution in [0.4, 0.5) is 4.39 Å². The summed E-state index contributed by atoms with van der Waals surface area (Å²) in [6.45, 7) is 1.68. The normalized spacial score (nSPS) is 10.3. The first-order chi connectivity index (χ1) is 8.13. The van der Waals surface area contributed by atoms with E-state index in [0.717, 1.165) is 17.4 Å². The quantitative estimate of drug-likeness (QED) is 0.726. The van der Waals surface area contributed by atoms with Crippen LogP contribution in [0.1, 0.15) is 15.9 Å². The third-order valence-corrected chi connectivity index (χ3v) is 2.97. The molecule has 0 atom stereocenters. The zero-order valence-corrected chi connectivity index (χ0v) is 9.96. The van der Waals surface area contributed by atoms with Gasteiger partial charge >= 0.3 is 0 Å². The van der Waals surface area contributed by atoms with Crippen molar-refractivity contribution in [3.8, 4) is 11.1 Å². The van der Waals surface area contributed by atoms with E-state index in [2.05, 4.69) is 0 Å². The number of benzene rings is 2. The van der Waals surface area contributed by atoms with Gasteiger partial charge in [-0.25, -0.2) is 4.39 Å². The van der Waals surface area contributed by atoms with Crippen LogP contribution in [0.3, 0.4) is 0 Å². The lowest BCUT2D eigenvalue weighted by molar-refractivity contribution is 0.112. The third-order valence-electron chi connectivity index (χ3n) is 2.64. The average molecular weight is 249 g/mol. The first-order valence-corrected chi connectivity index (χ1v) is 5.51. The number of halogens is 2. The first-order valence-electron chi connectivity index (χ1n) is 5.13. The van der Waals surface area contributed by atoms with E-state index < -0.39 is 0 Å². The SMILES string of the molecule is Cc1cc(-c2cccc(Cl)c2C=O)ccc1F. The highest BCUT2D eigenvalue weighted by Gasteiger charge is 2.09. The molecular formula is C14H10ClFO. The number of hydrogen-bond donors (Lipinski definition) is 0. The van der Waals surface area contributed by atoms with Gasteiger partial charge in [-0.05, 0) is 41.8 Å². The molecule has 0 radical (unpaired) electrons. The minimum Gasteiger partial charge on any atom is -0.298 e. The van der Waals surface area contributed by atoms with E-state index in [9.17, 15) is 9.18 Å². The van der Waals surface area contributed by atoms with Crippen molar-refractivity contribution in [3.63, 3.8) is 0 Å². The van der Waals surface area contributed by atoms with E-state index in [1.165, 1.54) is 6.07 Å². The summed E-state index contributed by atoms with van der Waals surface area (Å²) in [5, 5.41) is 0.402. The molecule has 0 aliphatic heterocycles. The van der Waals surface area contributed by atoms with Crippen molar-refractivity contribution in [2.45, 2.75) is 6.92 Å².